The fourth-order valence-corrected chi connectivity index (χ4v) is 5.03. The van der Waals surface area contributed by atoms with Gasteiger partial charge in [-0.3, -0.25) is 14.6 Å². The molecule has 2 aromatic rings. The van der Waals surface area contributed by atoms with Gasteiger partial charge in [-0.1, -0.05) is 24.6 Å². The van der Waals surface area contributed by atoms with Crippen LogP contribution in [0.15, 0.2) is 60.1 Å². The molecule has 3 aliphatic rings. The number of nitrogens with zero attached hydrogens (tertiary/aromatic N) is 2. The van der Waals surface area contributed by atoms with E-state index in [2.05, 4.69) is 4.98 Å². The second-order valence-electron chi connectivity index (χ2n) is 8.36. The van der Waals surface area contributed by atoms with Crippen LogP contribution < -0.4 is 4.74 Å². The molecule has 160 valence electrons. The molecular formula is C25H26N2O4. The molecule has 5 rings (SSSR count). The Morgan fingerprint density at radius 3 is 2.84 bits per heavy atom. The summed E-state index contributed by atoms with van der Waals surface area (Å²) < 4.78 is 11.9. The number of rotatable bonds is 5. The van der Waals surface area contributed by atoms with Crippen LogP contribution in [0, 0.1) is 5.92 Å². The topological polar surface area (TPSA) is 68.7 Å². The van der Waals surface area contributed by atoms with Crippen molar-refractivity contribution < 1.29 is 19.1 Å². The number of ether oxygens (including phenoxy) is 2. The van der Waals surface area contributed by atoms with Crippen LogP contribution in [0.5, 0.6) is 5.75 Å². The van der Waals surface area contributed by atoms with Gasteiger partial charge < -0.3 is 14.4 Å². The van der Waals surface area contributed by atoms with Crippen LogP contribution in [-0.4, -0.2) is 34.3 Å². The molecule has 0 spiro atoms. The van der Waals surface area contributed by atoms with Crippen molar-refractivity contribution >= 4 is 11.7 Å². The summed E-state index contributed by atoms with van der Waals surface area (Å²) in [5.74, 6) is 0.658. The second-order valence-corrected chi connectivity index (χ2v) is 8.36. The van der Waals surface area contributed by atoms with Gasteiger partial charge in [-0.25, -0.2) is 0 Å². The number of aromatic nitrogens is 1. The predicted molar refractivity (Wildman–Crippen MR) is 114 cm³/mol. The van der Waals surface area contributed by atoms with Gasteiger partial charge in [-0.2, -0.15) is 0 Å². The molecule has 0 saturated heterocycles. The number of carbonyl (C=O) groups excluding carboxylic acids is 2. The Bertz CT molecular complexity index is 1030. The lowest BCUT2D eigenvalue weighted by Crippen LogP contribution is -2.39. The van der Waals surface area contributed by atoms with E-state index in [-0.39, 0.29) is 29.5 Å². The largest absolute Gasteiger partial charge is 0.494 e. The summed E-state index contributed by atoms with van der Waals surface area (Å²) in [6.07, 6.45) is 6.98. The number of pyridine rings is 1. The number of hydrogen-bond acceptors (Lipinski definition) is 5. The lowest BCUT2D eigenvalue weighted by Gasteiger charge is -2.35. The zero-order chi connectivity index (χ0) is 21.4. The molecule has 3 heterocycles. The summed E-state index contributed by atoms with van der Waals surface area (Å²) in [6.45, 7) is 2.84. The average Bonchev–Trinajstić information content (AvgIpc) is 3.07. The zero-order valence-electron chi connectivity index (χ0n) is 17.6. The third kappa shape index (κ3) is 3.50. The Morgan fingerprint density at radius 1 is 1.16 bits per heavy atom. The second kappa shape index (κ2) is 8.17. The van der Waals surface area contributed by atoms with Gasteiger partial charge in [0.25, 0.3) is 5.91 Å². The van der Waals surface area contributed by atoms with Crippen molar-refractivity contribution in [2.45, 2.75) is 51.3 Å². The smallest absolute Gasteiger partial charge is 0.290 e. The molecule has 2 aliphatic heterocycles. The lowest BCUT2D eigenvalue weighted by molar-refractivity contribution is -0.135. The first kappa shape index (κ1) is 19.8. The maximum Gasteiger partial charge on any atom is 0.290 e. The van der Waals surface area contributed by atoms with Crippen LogP contribution in [-0.2, 0) is 20.9 Å². The first-order chi connectivity index (χ1) is 15.2. The summed E-state index contributed by atoms with van der Waals surface area (Å²) in [6, 6.07) is 11.0. The van der Waals surface area contributed by atoms with Gasteiger partial charge >= 0.3 is 0 Å². The monoisotopic (exact) mass is 418 g/mol. The van der Waals surface area contributed by atoms with E-state index < -0.39 is 6.04 Å². The normalized spacial score (nSPS) is 25.2. The fraction of sp³-hybridized carbons (Fsp3) is 0.400. The number of ketones is 1. The van der Waals surface area contributed by atoms with Crippen LogP contribution >= 0.6 is 0 Å². The molecule has 1 fully saturated rings. The molecule has 6 nitrogen and oxygen atoms in total. The molecule has 6 heteroatoms. The molecule has 3 unspecified atom stereocenters. The van der Waals surface area contributed by atoms with Crippen molar-refractivity contribution in [1.82, 2.24) is 9.88 Å². The maximum atomic E-state index is 13.6. The van der Waals surface area contributed by atoms with E-state index in [1.165, 1.54) is 0 Å². The Balaban J connectivity index is 1.58. The van der Waals surface area contributed by atoms with Crippen LogP contribution in [0.3, 0.4) is 0 Å². The first-order valence-electron chi connectivity index (χ1n) is 11.0. The number of Topliss-reactive ketones (excluding diaryl/α,β-unsaturated/α-hetero) is 1. The van der Waals surface area contributed by atoms with Gasteiger partial charge in [0.2, 0.25) is 0 Å². The maximum absolute atomic E-state index is 13.6. The number of benzene rings is 1. The third-order valence-corrected chi connectivity index (χ3v) is 6.42. The molecule has 0 N–H and O–H groups in total. The van der Waals surface area contributed by atoms with Crippen LogP contribution in [0.25, 0.3) is 0 Å². The fourth-order valence-electron chi connectivity index (χ4n) is 5.03. The van der Waals surface area contributed by atoms with Crippen molar-refractivity contribution in [3.63, 3.8) is 0 Å². The minimum absolute atomic E-state index is 0.0693. The molecule has 1 amide bonds. The molecule has 0 bridgehead atoms. The first-order valence-corrected chi connectivity index (χ1v) is 11.0. The summed E-state index contributed by atoms with van der Waals surface area (Å²) in [7, 11) is 0. The van der Waals surface area contributed by atoms with Crippen molar-refractivity contribution in [2.75, 3.05) is 6.61 Å². The van der Waals surface area contributed by atoms with Crippen molar-refractivity contribution in [1.29, 1.82) is 0 Å². The standard InChI is InChI=1S/C25H26N2O4/c1-2-30-18-9-5-8-17(13-18)22-21-23(28)19-10-3-4-11-20(19)31-24(21)25(29)27(22)15-16-7-6-12-26-14-16/h5-9,12-14,19-20,22H,2-4,10-11,15H2,1H3. The van der Waals surface area contributed by atoms with Crippen molar-refractivity contribution in [3.8, 4) is 5.75 Å². The summed E-state index contributed by atoms with van der Waals surface area (Å²) >= 11 is 0. The van der Waals surface area contributed by atoms with E-state index in [0.29, 0.717) is 18.7 Å². The summed E-state index contributed by atoms with van der Waals surface area (Å²) in [5, 5.41) is 0. The van der Waals surface area contributed by atoms with E-state index in [1.807, 2.05) is 43.3 Å². The Morgan fingerprint density at radius 2 is 2.03 bits per heavy atom. The zero-order valence-corrected chi connectivity index (χ0v) is 17.6. The highest BCUT2D eigenvalue weighted by Crippen LogP contribution is 2.47. The van der Waals surface area contributed by atoms with E-state index in [1.54, 1.807) is 17.3 Å². The lowest BCUT2D eigenvalue weighted by atomic mass is 9.77. The highest BCUT2D eigenvalue weighted by Gasteiger charge is 2.51. The highest BCUT2D eigenvalue weighted by atomic mass is 16.5. The van der Waals surface area contributed by atoms with Gasteiger partial charge in [0.1, 0.15) is 11.9 Å². The summed E-state index contributed by atoms with van der Waals surface area (Å²) in [4.78, 5) is 33.0. The van der Waals surface area contributed by atoms with Crippen molar-refractivity contribution in [3.05, 3.63) is 71.3 Å². The highest BCUT2D eigenvalue weighted by molar-refractivity contribution is 6.11. The van der Waals surface area contributed by atoms with Gasteiger partial charge in [0.15, 0.2) is 11.5 Å². The van der Waals surface area contributed by atoms with Gasteiger partial charge in [0.05, 0.1) is 24.1 Å². The van der Waals surface area contributed by atoms with Gasteiger partial charge in [0, 0.05) is 18.9 Å². The molecule has 1 aromatic carbocycles. The molecular weight excluding hydrogens is 392 g/mol. The number of amides is 1. The van der Waals surface area contributed by atoms with E-state index >= 15 is 0 Å². The number of hydrogen-bond donors (Lipinski definition) is 0. The molecule has 0 radical (unpaired) electrons. The minimum Gasteiger partial charge on any atom is -0.494 e. The Labute approximate surface area is 181 Å². The quantitative estimate of drug-likeness (QED) is 0.735. The predicted octanol–water partition coefficient (Wildman–Crippen LogP) is 3.98. The molecule has 1 saturated carbocycles. The van der Waals surface area contributed by atoms with Crippen LogP contribution in [0.1, 0.15) is 49.8 Å². The minimum atomic E-state index is -0.488. The van der Waals surface area contributed by atoms with Crippen LogP contribution in [0.4, 0.5) is 0 Å². The molecule has 1 aliphatic carbocycles. The molecule has 3 atom stereocenters. The van der Waals surface area contributed by atoms with E-state index in [4.69, 9.17) is 9.47 Å². The van der Waals surface area contributed by atoms with Gasteiger partial charge in [-0.15, -0.1) is 0 Å². The van der Waals surface area contributed by atoms with Crippen LogP contribution in [0.2, 0.25) is 0 Å². The number of carbonyl (C=O) groups is 2. The molecule has 31 heavy (non-hydrogen) atoms. The van der Waals surface area contributed by atoms with E-state index in [0.717, 1.165) is 42.6 Å². The Kier molecular flexibility index (Phi) is 5.22. The SMILES string of the molecule is CCOc1cccc(C2C3=C(OC4CCCCC4C3=O)C(=O)N2Cc2cccnc2)c1. The Hall–Kier alpha value is -3.15. The van der Waals surface area contributed by atoms with Gasteiger partial charge in [-0.05, 0) is 55.5 Å². The average molecular weight is 418 g/mol. The van der Waals surface area contributed by atoms with Crippen molar-refractivity contribution in [2.24, 2.45) is 5.92 Å². The summed E-state index contributed by atoms with van der Waals surface area (Å²) in [5.41, 5.74) is 2.27. The van der Waals surface area contributed by atoms with E-state index in [9.17, 15) is 9.59 Å². The molecule has 1 aromatic heterocycles. The third-order valence-electron chi connectivity index (χ3n) is 6.42. The number of fused-ring (bicyclic) bond motifs is 1.